The summed E-state index contributed by atoms with van der Waals surface area (Å²) in [5, 5.41) is 19.9. The Bertz CT molecular complexity index is 1250. The summed E-state index contributed by atoms with van der Waals surface area (Å²) in [5.41, 5.74) is 4.19. The second-order valence-electron chi connectivity index (χ2n) is 10.6. The third kappa shape index (κ3) is 6.76. The smallest absolute Gasteiger partial charge is 0.335 e. The van der Waals surface area contributed by atoms with Crippen LogP contribution in [0.25, 0.3) is 0 Å². The molecule has 0 radical (unpaired) electrons. The highest BCUT2D eigenvalue weighted by Gasteiger charge is 2.25. The molecular formula is C29H40N6O2. The Morgan fingerprint density at radius 1 is 0.838 bits per heavy atom. The van der Waals surface area contributed by atoms with E-state index in [1.54, 1.807) is 12.1 Å². The molecule has 3 aromatic rings. The monoisotopic (exact) mass is 504 g/mol. The summed E-state index contributed by atoms with van der Waals surface area (Å²) < 4.78 is 0. The van der Waals surface area contributed by atoms with Crippen LogP contribution in [0.3, 0.4) is 0 Å². The fourth-order valence-corrected chi connectivity index (χ4v) is 3.87. The number of carboxylic acids is 1. The molecule has 2 aromatic carbocycles. The van der Waals surface area contributed by atoms with E-state index >= 15 is 0 Å². The molecule has 0 saturated carbocycles. The molecule has 0 unspecified atom stereocenters. The molecule has 1 heterocycles. The van der Waals surface area contributed by atoms with Crippen LogP contribution in [0.4, 0.5) is 29.0 Å². The Kier molecular flexibility index (Phi) is 8.41. The first-order chi connectivity index (χ1) is 17.4. The van der Waals surface area contributed by atoms with Crippen molar-refractivity contribution in [1.29, 1.82) is 0 Å². The number of para-hydroxylation sites is 1. The van der Waals surface area contributed by atoms with Crippen LogP contribution in [0.15, 0.2) is 36.4 Å². The maximum atomic E-state index is 11.9. The number of carboxylic acid groups (broad SMARTS) is 1. The van der Waals surface area contributed by atoms with Crippen molar-refractivity contribution in [2.45, 2.75) is 85.6 Å². The molecule has 4 N–H and O–H groups in total. The van der Waals surface area contributed by atoms with Gasteiger partial charge in [-0.3, -0.25) is 0 Å². The number of aromatic carboxylic acids is 1. The summed E-state index contributed by atoms with van der Waals surface area (Å²) >= 11 is 0. The fraction of sp³-hybridized carbons (Fsp3) is 0.448. The lowest BCUT2D eigenvalue weighted by atomic mass is 9.89. The van der Waals surface area contributed by atoms with Gasteiger partial charge in [-0.05, 0) is 69.4 Å². The van der Waals surface area contributed by atoms with Crippen LogP contribution in [0.5, 0.6) is 0 Å². The number of nitrogens with one attached hydrogen (secondary N) is 3. The van der Waals surface area contributed by atoms with Gasteiger partial charge in [-0.2, -0.15) is 15.0 Å². The summed E-state index contributed by atoms with van der Waals surface area (Å²) in [7, 11) is 0. The molecule has 0 aliphatic rings. The van der Waals surface area contributed by atoms with E-state index in [-0.39, 0.29) is 16.5 Å². The molecule has 0 aliphatic heterocycles. The van der Waals surface area contributed by atoms with Crippen LogP contribution < -0.4 is 16.0 Å². The van der Waals surface area contributed by atoms with Gasteiger partial charge < -0.3 is 21.1 Å². The van der Waals surface area contributed by atoms with Gasteiger partial charge in [-0.15, -0.1) is 0 Å². The number of aromatic nitrogens is 3. The van der Waals surface area contributed by atoms with Gasteiger partial charge in [0, 0.05) is 28.0 Å². The zero-order valence-electron chi connectivity index (χ0n) is 23.3. The van der Waals surface area contributed by atoms with Crippen molar-refractivity contribution in [2.24, 2.45) is 0 Å². The van der Waals surface area contributed by atoms with E-state index in [0.717, 1.165) is 41.8 Å². The Balaban J connectivity index is 2.06. The van der Waals surface area contributed by atoms with Gasteiger partial charge in [0.15, 0.2) is 0 Å². The molecular weight excluding hydrogens is 464 g/mol. The number of nitrogens with zero attached hydrogens (tertiary/aromatic N) is 3. The first-order valence-corrected chi connectivity index (χ1v) is 12.9. The number of hydrogen-bond acceptors (Lipinski definition) is 7. The minimum atomic E-state index is -0.998. The minimum Gasteiger partial charge on any atom is -0.478 e. The third-order valence-electron chi connectivity index (χ3n) is 7.29. The molecule has 198 valence electrons. The molecule has 3 rings (SSSR count). The van der Waals surface area contributed by atoms with Crippen LogP contribution in [0.1, 0.15) is 88.1 Å². The van der Waals surface area contributed by atoms with Crippen LogP contribution in [-0.2, 0) is 5.41 Å². The normalized spacial score (nSPS) is 11.8. The standard InChI is InChI=1S/C29H40N6O2/c1-9-28(6,7)25-32-26(34-27(33-25)31-23-18(4)13-12-14-19(23)5)30-21-15-20(24(36)37)16-22(17-21)35-29(8,10-2)11-3/h12-17,35H,9-11H2,1-8H3,(H,36,37)(H2,30,31,32,33,34). The maximum absolute atomic E-state index is 11.9. The van der Waals surface area contributed by atoms with Crippen molar-refractivity contribution >= 4 is 34.9 Å². The van der Waals surface area contributed by atoms with Gasteiger partial charge in [-0.25, -0.2) is 4.79 Å². The average molecular weight is 505 g/mol. The minimum absolute atomic E-state index is 0.150. The zero-order valence-corrected chi connectivity index (χ0v) is 23.3. The second kappa shape index (κ2) is 11.2. The lowest BCUT2D eigenvalue weighted by molar-refractivity contribution is 0.0697. The van der Waals surface area contributed by atoms with E-state index in [4.69, 9.17) is 9.97 Å². The van der Waals surface area contributed by atoms with Gasteiger partial charge in [0.05, 0.1) is 5.56 Å². The lowest BCUT2D eigenvalue weighted by Gasteiger charge is -2.30. The largest absolute Gasteiger partial charge is 0.478 e. The SMILES string of the molecule is CCC(C)(CC)Nc1cc(Nc2nc(Nc3c(C)cccc3C)nc(C(C)(C)CC)n2)cc(C(=O)O)c1. The molecule has 37 heavy (non-hydrogen) atoms. The van der Waals surface area contributed by atoms with E-state index in [0.29, 0.717) is 23.4 Å². The number of hydrogen-bond donors (Lipinski definition) is 4. The quantitative estimate of drug-likeness (QED) is 0.214. The van der Waals surface area contributed by atoms with Crippen molar-refractivity contribution in [1.82, 2.24) is 15.0 Å². The number of carbonyl (C=O) groups is 1. The van der Waals surface area contributed by atoms with Crippen molar-refractivity contribution < 1.29 is 9.90 Å². The summed E-state index contributed by atoms with van der Waals surface area (Å²) in [6, 6.07) is 11.2. The number of rotatable bonds is 11. The molecule has 8 nitrogen and oxygen atoms in total. The maximum Gasteiger partial charge on any atom is 0.335 e. The Morgan fingerprint density at radius 2 is 1.41 bits per heavy atom. The molecule has 0 saturated heterocycles. The number of aryl methyl sites for hydroxylation is 2. The highest BCUT2D eigenvalue weighted by atomic mass is 16.4. The van der Waals surface area contributed by atoms with Crippen LogP contribution in [0.2, 0.25) is 0 Å². The van der Waals surface area contributed by atoms with Crippen LogP contribution in [0, 0.1) is 13.8 Å². The summed E-state index contributed by atoms with van der Waals surface area (Å²) in [4.78, 5) is 26.0. The zero-order chi connectivity index (χ0) is 27.4. The summed E-state index contributed by atoms with van der Waals surface area (Å²) in [5.74, 6) is 0.437. The summed E-state index contributed by atoms with van der Waals surface area (Å²) in [6.07, 6.45) is 2.65. The van der Waals surface area contributed by atoms with E-state index < -0.39 is 5.97 Å². The van der Waals surface area contributed by atoms with E-state index in [9.17, 15) is 9.90 Å². The predicted molar refractivity (Wildman–Crippen MR) is 152 cm³/mol. The van der Waals surface area contributed by atoms with E-state index in [1.165, 1.54) is 0 Å². The Hall–Kier alpha value is -3.68. The third-order valence-corrected chi connectivity index (χ3v) is 7.29. The van der Waals surface area contributed by atoms with E-state index in [2.05, 4.69) is 62.5 Å². The number of anilines is 5. The molecule has 0 aliphatic carbocycles. The first kappa shape index (κ1) is 27.9. The van der Waals surface area contributed by atoms with Crippen LogP contribution in [-0.4, -0.2) is 31.6 Å². The molecule has 8 heteroatoms. The van der Waals surface area contributed by atoms with Crippen molar-refractivity contribution in [2.75, 3.05) is 16.0 Å². The predicted octanol–water partition coefficient (Wildman–Crippen LogP) is 7.35. The van der Waals surface area contributed by atoms with Crippen molar-refractivity contribution in [3.8, 4) is 0 Å². The van der Waals surface area contributed by atoms with E-state index in [1.807, 2.05) is 38.1 Å². The Morgan fingerprint density at radius 3 is 1.95 bits per heavy atom. The number of benzene rings is 2. The molecule has 0 amide bonds. The fourth-order valence-electron chi connectivity index (χ4n) is 3.87. The summed E-state index contributed by atoms with van der Waals surface area (Å²) in [6.45, 7) is 16.7. The first-order valence-electron chi connectivity index (χ1n) is 12.9. The molecule has 0 fully saturated rings. The van der Waals surface area contributed by atoms with Gasteiger partial charge in [-0.1, -0.05) is 52.8 Å². The topological polar surface area (TPSA) is 112 Å². The highest BCUT2D eigenvalue weighted by Crippen LogP contribution is 2.30. The van der Waals surface area contributed by atoms with Crippen LogP contribution >= 0.6 is 0 Å². The molecule has 0 spiro atoms. The van der Waals surface area contributed by atoms with Gasteiger partial charge in [0.1, 0.15) is 5.82 Å². The molecule has 0 atom stereocenters. The highest BCUT2D eigenvalue weighted by molar-refractivity contribution is 5.91. The van der Waals surface area contributed by atoms with Gasteiger partial charge in [0.25, 0.3) is 0 Å². The molecule has 0 bridgehead atoms. The lowest BCUT2D eigenvalue weighted by Crippen LogP contribution is -2.33. The van der Waals surface area contributed by atoms with Gasteiger partial charge in [0.2, 0.25) is 11.9 Å². The average Bonchev–Trinajstić information content (AvgIpc) is 2.86. The molecule has 1 aromatic heterocycles. The van der Waals surface area contributed by atoms with Crippen molar-refractivity contribution in [3.05, 3.63) is 58.9 Å². The van der Waals surface area contributed by atoms with Crippen molar-refractivity contribution in [3.63, 3.8) is 0 Å². The Labute approximate surface area is 220 Å². The van der Waals surface area contributed by atoms with Gasteiger partial charge >= 0.3 is 5.97 Å². The second-order valence-corrected chi connectivity index (χ2v) is 10.6.